The normalized spacial score (nSPS) is 13.6. The lowest BCUT2D eigenvalue weighted by atomic mass is 10.2. The molecule has 1 atom stereocenters. The number of rotatable bonds is 3. The van der Waals surface area contributed by atoms with E-state index in [2.05, 4.69) is 0 Å². The quantitative estimate of drug-likeness (QED) is 0.846. The molecular weight excluding hydrogens is 253 g/mol. The largest absolute Gasteiger partial charge is 0.611 e. The van der Waals surface area contributed by atoms with Crippen LogP contribution in [-0.4, -0.2) is 15.2 Å². The average molecular weight is 264 g/mol. The van der Waals surface area contributed by atoms with Gasteiger partial charge in [0.25, 0.3) is 5.91 Å². The summed E-state index contributed by atoms with van der Waals surface area (Å²) >= 11 is 3.72. The van der Waals surface area contributed by atoms with Gasteiger partial charge in [-0.05, 0) is 32.0 Å². The van der Waals surface area contributed by atoms with Gasteiger partial charge in [0, 0.05) is 16.2 Å². The van der Waals surface area contributed by atoms with E-state index in [4.69, 9.17) is 17.3 Å². The predicted molar refractivity (Wildman–Crippen MR) is 61.1 cm³/mol. The minimum absolute atomic E-state index is 0.0757. The fraction of sp³-hybridized carbons (Fsp3) is 0.300. The van der Waals surface area contributed by atoms with E-state index >= 15 is 0 Å². The van der Waals surface area contributed by atoms with Crippen LogP contribution in [0.3, 0.4) is 0 Å². The van der Waals surface area contributed by atoms with Crippen molar-refractivity contribution in [1.82, 2.24) is 0 Å². The third-order valence-electron chi connectivity index (χ3n) is 2.15. The number of amides is 1. The monoisotopic (exact) mass is 263 g/mol. The maximum Gasteiger partial charge on any atom is 0.273 e. The number of primary amides is 1. The van der Waals surface area contributed by atoms with Crippen molar-refractivity contribution < 1.29 is 13.7 Å². The molecule has 0 spiro atoms. The Morgan fingerprint density at radius 3 is 2.56 bits per heavy atom. The maximum atomic E-state index is 13.5. The maximum absolute atomic E-state index is 13.5. The Morgan fingerprint density at radius 1 is 1.56 bits per heavy atom. The second-order valence-electron chi connectivity index (χ2n) is 3.72. The number of hydrogen-bond acceptors (Lipinski definition) is 2. The fourth-order valence-corrected chi connectivity index (χ4v) is 2.31. The Balaban J connectivity index is 3.14. The number of halogens is 2. The Morgan fingerprint density at radius 2 is 2.12 bits per heavy atom. The highest BCUT2D eigenvalue weighted by Gasteiger charge is 2.41. The smallest absolute Gasteiger partial charge is 0.273 e. The van der Waals surface area contributed by atoms with Gasteiger partial charge >= 0.3 is 0 Å². The molecule has 0 aliphatic carbocycles. The Labute approximate surface area is 101 Å². The van der Waals surface area contributed by atoms with Crippen LogP contribution in [-0.2, 0) is 16.0 Å². The van der Waals surface area contributed by atoms with E-state index < -0.39 is 27.6 Å². The van der Waals surface area contributed by atoms with Crippen molar-refractivity contribution in [3.63, 3.8) is 0 Å². The summed E-state index contributed by atoms with van der Waals surface area (Å²) in [7, 11) is 0. The molecule has 0 aliphatic rings. The lowest BCUT2D eigenvalue weighted by Gasteiger charge is -2.24. The van der Waals surface area contributed by atoms with Crippen LogP contribution in [0, 0.1) is 5.82 Å². The first-order chi connectivity index (χ1) is 7.26. The molecular formula is C10H11ClFNO2S. The first-order valence-electron chi connectivity index (χ1n) is 4.43. The first-order valence-corrected chi connectivity index (χ1v) is 5.96. The van der Waals surface area contributed by atoms with Gasteiger partial charge < -0.3 is 10.3 Å². The second kappa shape index (κ2) is 4.61. The first kappa shape index (κ1) is 13.3. The van der Waals surface area contributed by atoms with Gasteiger partial charge in [-0.25, -0.2) is 4.39 Å². The van der Waals surface area contributed by atoms with Crippen LogP contribution in [0.25, 0.3) is 0 Å². The summed E-state index contributed by atoms with van der Waals surface area (Å²) in [6.07, 6.45) is 0. The van der Waals surface area contributed by atoms with Crippen molar-refractivity contribution in [2.24, 2.45) is 5.73 Å². The molecule has 1 aromatic rings. The van der Waals surface area contributed by atoms with Crippen LogP contribution < -0.4 is 5.73 Å². The molecule has 1 rings (SSSR count). The molecule has 0 radical (unpaired) electrons. The molecule has 0 saturated heterocycles. The predicted octanol–water partition coefficient (Wildman–Crippen LogP) is 1.85. The van der Waals surface area contributed by atoms with Crippen LogP contribution >= 0.6 is 11.6 Å². The highest BCUT2D eigenvalue weighted by molar-refractivity contribution is 7.93. The molecule has 88 valence electrons. The minimum atomic E-state index is -1.85. The molecule has 1 unspecified atom stereocenters. The Kier molecular flexibility index (Phi) is 3.83. The van der Waals surface area contributed by atoms with E-state index in [0.29, 0.717) is 0 Å². The zero-order valence-corrected chi connectivity index (χ0v) is 10.4. The summed E-state index contributed by atoms with van der Waals surface area (Å²) in [5.41, 5.74) is 5.11. The number of hydrogen-bond donors (Lipinski definition) is 1. The average Bonchev–Trinajstić information content (AvgIpc) is 2.16. The molecule has 0 aromatic heterocycles. The highest BCUT2D eigenvalue weighted by Crippen LogP contribution is 2.28. The molecule has 6 heteroatoms. The third kappa shape index (κ3) is 2.48. The van der Waals surface area contributed by atoms with Crippen molar-refractivity contribution in [2.45, 2.75) is 23.5 Å². The van der Waals surface area contributed by atoms with Crippen molar-refractivity contribution >= 4 is 28.7 Å². The van der Waals surface area contributed by atoms with Gasteiger partial charge in [-0.2, -0.15) is 0 Å². The zero-order valence-electron chi connectivity index (χ0n) is 8.79. The summed E-state index contributed by atoms with van der Waals surface area (Å²) in [6, 6.07) is 3.75. The topological polar surface area (TPSA) is 66.2 Å². The number of nitrogens with two attached hydrogens (primary N) is 1. The molecule has 16 heavy (non-hydrogen) atoms. The third-order valence-corrected chi connectivity index (χ3v) is 4.24. The van der Waals surface area contributed by atoms with Crippen LogP contribution in [0.2, 0.25) is 5.02 Å². The van der Waals surface area contributed by atoms with Crippen molar-refractivity contribution in [3.05, 3.63) is 29.0 Å². The molecule has 2 N–H and O–H groups in total. The van der Waals surface area contributed by atoms with E-state index in [1.54, 1.807) is 0 Å². The van der Waals surface area contributed by atoms with Gasteiger partial charge in [-0.15, -0.1) is 0 Å². The van der Waals surface area contributed by atoms with E-state index in [0.717, 1.165) is 6.07 Å². The molecule has 1 amide bonds. The Hall–Kier alpha value is -0.780. The van der Waals surface area contributed by atoms with Crippen LogP contribution in [0.4, 0.5) is 4.39 Å². The number of carbonyl (C=O) groups excluding carboxylic acids is 1. The molecule has 0 bridgehead atoms. The molecule has 3 nitrogen and oxygen atoms in total. The van der Waals surface area contributed by atoms with Gasteiger partial charge in [0.05, 0.1) is 0 Å². The summed E-state index contributed by atoms with van der Waals surface area (Å²) in [4.78, 5) is 11.0. The lowest BCUT2D eigenvalue weighted by molar-refractivity contribution is -0.119. The summed E-state index contributed by atoms with van der Waals surface area (Å²) in [5, 5.41) is 0.204. The summed E-state index contributed by atoms with van der Waals surface area (Å²) < 4.78 is 24.1. The standard InChI is InChI=1S/C10H11ClFNO2S/c1-10(2,9(13)14)16(15)8-4-3-6(11)5-7(8)12/h3-5H,1-2H3,(H2,13,14). The minimum Gasteiger partial charge on any atom is -0.611 e. The molecule has 0 heterocycles. The summed E-state index contributed by atoms with van der Waals surface area (Å²) in [5.74, 6) is -1.46. The number of carbonyl (C=O) groups is 1. The van der Waals surface area contributed by atoms with Gasteiger partial charge in [0.15, 0.2) is 10.7 Å². The van der Waals surface area contributed by atoms with Gasteiger partial charge in [0.2, 0.25) is 4.75 Å². The second-order valence-corrected chi connectivity index (χ2v) is 6.15. The van der Waals surface area contributed by atoms with Crippen LogP contribution in [0.5, 0.6) is 0 Å². The van der Waals surface area contributed by atoms with E-state index in [9.17, 15) is 13.7 Å². The molecule has 1 aromatic carbocycles. The van der Waals surface area contributed by atoms with Crippen molar-refractivity contribution in [3.8, 4) is 0 Å². The van der Waals surface area contributed by atoms with Crippen molar-refractivity contribution in [2.75, 3.05) is 0 Å². The van der Waals surface area contributed by atoms with Crippen LogP contribution in [0.15, 0.2) is 23.1 Å². The van der Waals surface area contributed by atoms with Crippen molar-refractivity contribution in [1.29, 1.82) is 0 Å². The van der Waals surface area contributed by atoms with E-state index in [-0.39, 0.29) is 9.92 Å². The van der Waals surface area contributed by atoms with Crippen LogP contribution in [0.1, 0.15) is 13.8 Å². The summed E-state index contributed by atoms with van der Waals surface area (Å²) in [6.45, 7) is 2.80. The number of benzene rings is 1. The lowest BCUT2D eigenvalue weighted by Crippen LogP contribution is -2.45. The zero-order chi connectivity index (χ0) is 12.5. The SMILES string of the molecule is CC(C)(C(N)=O)[S+]([O-])c1ccc(Cl)cc1F. The van der Waals surface area contributed by atoms with Gasteiger partial charge in [0.1, 0.15) is 0 Å². The molecule has 0 saturated carbocycles. The van der Waals surface area contributed by atoms with E-state index in [1.807, 2.05) is 0 Å². The van der Waals surface area contributed by atoms with Gasteiger partial charge in [-0.3, -0.25) is 4.79 Å². The van der Waals surface area contributed by atoms with Gasteiger partial charge in [-0.1, -0.05) is 11.6 Å². The highest BCUT2D eigenvalue weighted by atomic mass is 35.5. The molecule has 0 aliphatic heterocycles. The molecule has 0 fully saturated rings. The van der Waals surface area contributed by atoms with E-state index in [1.165, 1.54) is 26.0 Å². The Bertz CT molecular complexity index is 425. The fourth-order valence-electron chi connectivity index (χ4n) is 0.992.